The lowest BCUT2D eigenvalue weighted by Gasteiger charge is -2.00. The van der Waals surface area contributed by atoms with Crippen LogP contribution in [0, 0.1) is 0 Å². The fourth-order valence-electron chi connectivity index (χ4n) is 1.20. The lowest BCUT2D eigenvalue weighted by Crippen LogP contribution is -1.97. The molecule has 0 spiro atoms. The van der Waals surface area contributed by atoms with Gasteiger partial charge in [-0.15, -0.1) is 22.8 Å². The number of aromatic nitrogens is 3. The largest absolute Gasteiger partial charge is 0.446 e. The van der Waals surface area contributed by atoms with E-state index in [0.717, 1.165) is 6.54 Å². The summed E-state index contributed by atoms with van der Waals surface area (Å²) in [6, 6.07) is 3.66. The number of hydrogen-bond donors (Lipinski definition) is 1. The van der Waals surface area contributed by atoms with Gasteiger partial charge in [0.2, 0.25) is 5.82 Å². The van der Waals surface area contributed by atoms with Gasteiger partial charge < -0.3 is 4.42 Å². The van der Waals surface area contributed by atoms with Gasteiger partial charge in [0, 0.05) is 6.54 Å². The molecule has 0 atom stereocenters. The predicted octanol–water partition coefficient (Wildman–Crippen LogP) is 2.61. The van der Waals surface area contributed by atoms with Gasteiger partial charge in [-0.25, -0.2) is 0 Å². The number of rotatable bonds is 2. The highest BCUT2D eigenvalue weighted by atomic mass is 79.9. The summed E-state index contributed by atoms with van der Waals surface area (Å²) in [7, 11) is 0. The van der Waals surface area contributed by atoms with Crippen molar-refractivity contribution in [1.82, 2.24) is 14.8 Å². The first kappa shape index (κ1) is 9.79. The zero-order valence-corrected chi connectivity index (χ0v) is 9.92. The summed E-state index contributed by atoms with van der Waals surface area (Å²) in [6.07, 6.45) is 0. The van der Waals surface area contributed by atoms with Gasteiger partial charge in [-0.05, 0) is 35.0 Å². The van der Waals surface area contributed by atoms with Crippen LogP contribution >= 0.6 is 28.6 Å². The van der Waals surface area contributed by atoms with Crippen molar-refractivity contribution in [2.75, 3.05) is 0 Å². The summed E-state index contributed by atoms with van der Waals surface area (Å²) in [5.41, 5.74) is 0. The molecule has 0 aliphatic carbocycles. The van der Waals surface area contributed by atoms with Crippen molar-refractivity contribution in [2.24, 2.45) is 0 Å². The third-order valence-corrected chi connectivity index (χ3v) is 2.60. The van der Waals surface area contributed by atoms with E-state index in [2.05, 4.69) is 38.8 Å². The van der Waals surface area contributed by atoms with Crippen LogP contribution in [0.3, 0.4) is 0 Å². The van der Waals surface area contributed by atoms with Crippen molar-refractivity contribution >= 4 is 28.6 Å². The zero-order chi connectivity index (χ0) is 10.1. The molecule has 2 heterocycles. The normalized spacial score (nSPS) is 10.8. The Balaban J connectivity index is 2.51. The Morgan fingerprint density at radius 2 is 2.29 bits per heavy atom. The van der Waals surface area contributed by atoms with Crippen LogP contribution in [0.5, 0.6) is 0 Å². The molecule has 0 saturated heterocycles. The van der Waals surface area contributed by atoms with Crippen LogP contribution < -0.4 is 0 Å². The first-order chi connectivity index (χ1) is 6.72. The molecule has 14 heavy (non-hydrogen) atoms. The number of halogens is 1. The Labute approximate surface area is 94.9 Å². The van der Waals surface area contributed by atoms with Gasteiger partial charge in [-0.2, -0.15) is 0 Å². The van der Waals surface area contributed by atoms with Crippen LogP contribution in [0.1, 0.15) is 6.92 Å². The van der Waals surface area contributed by atoms with E-state index >= 15 is 0 Å². The summed E-state index contributed by atoms with van der Waals surface area (Å²) in [6.45, 7) is 2.77. The van der Waals surface area contributed by atoms with Crippen molar-refractivity contribution in [1.29, 1.82) is 0 Å². The Hall–Kier alpha value is -0.750. The minimum Gasteiger partial charge on any atom is -0.446 e. The van der Waals surface area contributed by atoms with Gasteiger partial charge in [-0.1, -0.05) is 0 Å². The van der Waals surface area contributed by atoms with Crippen LogP contribution in [-0.4, -0.2) is 14.8 Å². The van der Waals surface area contributed by atoms with E-state index in [4.69, 9.17) is 4.42 Å². The summed E-state index contributed by atoms with van der Waals surface area (Å²) in [4.78, 5) is 0. The smallest absolute Gasteiger partial charge is 0.200 e. The highest BCUT2D eigenvalue weighted by molar-refractivity contribution is 9.10. The Morgan fingerprint density at radius 3 is 2.86 bits per heavy atom. The van der Waals surface area contributed by atoms with Crippen LogP contribution in [0.25, 0.3) is 11.6 Å². The van der Waals surface area contributed by atoms with E-state index < -0.39 is 0 Å². The van der Waals surface area contributed by atoms with Gasteiger partial charge in [0.05, 0.1) is 0 Å². The third kappa shape index (κ3) is 1.59. The maximum atomic E-state index is 5.38. The maximum absolute atomic E-state index is 5.38. The fourth-order valence-corrected chi connectivity index (χ4v) is 1.79. The van der Waals surface area contributed by atoms with Crippen molar-refractivity contribution in [3.05, 3.63) is 16.8 Å². The number of furan rings is 1. The molecule has 0 radical (unpaired) electrons. The van der Waals surface area contributed by atoms with Gasteiger partial charge in [0.25, 0.3) is 0 Å². The van der Waals surface area contributed by atoms with Gasteiger partial charge in [0.15, 0.2) is 15.6 Å². The Kier molecular flexibility index (Phi) is 2.64. The molecule has 0 fully saturated rings. The van der Waals surface area contributed by atoms with E-state index in [1.165, 1.54) is 0 Å². The molecule has 0 aliphatic rings. The van der Waals surface area contributed by atoms with Gasteiger partial charge in [-0.3, -0.25) is 4.57 Å². The second-order valence-corrected chi connectivity index (χ2v) is 3.85. The second-order valence-electron chi connectivity index (χ2n) is 2.67. The van der Waals surface area contributed by atoms with Crippen molar-refractivity contribution in [2.45, 2.75) is 18.6 Å². The van der Waals surface area contributed by atoms with Crippen molar-refractivity contribution in [3.63, 3.8) is 0 Å². The first-order valence-electron chi connectivity index (χ1n) is 4.10. The summed E-state index contributed by atoms with van der Waals surface area (Å²) in [5, 5.41) is 8.46. The van der Waals surface area contributed by atoms with Crippen molar-refractivity contribution in [3.8, 4) is 11.6 Å². The molecule has 0 amide bonds. The standard InChI is InChI=1S/C8H8BrN3OS/c1-2-12-7(10-11-8(12)14)5-3-4-6(9)13-5/h3-4H,2H2,1H3,(H,11,14). The molecule has 0 saturated carbocycles. The lowest BCUT2D eigenvalue weighted by molar-refractivity contribution is 0.543. The van der Waals surface area contributed by atoms with E-state index in [9.17, 15) is 0 Å². The number of nitrogens with zero attached hydrogens (tertiary/aromatic N) is 3. The molecule has 0 unspecified atom stereocenters. The van der Waals surface area contributed by atoms with Crippen LogP contribution in [0.2, 0.25) is 0 Å². The minimum atomic E-state index is 0.593. The molecular weight excluding hydrogens is 266 g/mol. The second kappa shape index (κ2) is 3.78. The molecule has 2 aromatic heterocycles. The highest BCUT2D eigenvalue weighted by Gasteiger charge is 2.13. The SMILES string of the molecule is CCn1c(S)nnc1-c1ccc(Br)o1. The van der Waals surface area contributed by atoms with Crippen LogP contribution in [0.15, 0.2) is 26.4 Å². The average molecular weight is 274 g/mol. The van der Waals surface area contributed by atoms with E-state index in [1.807, 2.05) is 23.6 Å². The molecular formula is C8H8BrN3OS. The maximum Gasteiger partial charge on any atom is 0.200 e. The minimum absolute atomic E-state index is 0.593. The summed E-state index contributed by atoms with van der Waals surface area (Å²) >= 11 is 7.43. The summed E-state index contributed by atoms with van der Waals surface area (Å²) in [5.74, 6) is 1.38. The molecule has 0 aliphatic heterocycles. The third-order valence-electron chi connectivity index (χ3n) is 1.84. The van der Waals surface area contributed by atoms with Crippen LogP contribution in [-0.2, 0) is 6.54 Å². The average Bonchev–Trinajstić information content (AvgIpc) is 2.71. The van der Waals surface area contributed by atoms with Crippen molar-refractivity contribution < 1.29 is 4.42 Å². The molecule has 0 bridgehead atoms. The number of thiol groups is 1. The molecule has 6 heteroatoms. The number of hydrogen-bond acceptors (Lipinski definition) is 4. The summed E-state index contributed by atoms with van der Waals surface area (Å²) < 4.78 is 7.93. The van der Waals surface area contributed by atoms with Gasteiger partial charge in [0.1, 0.15) is 0 Å². The topological polar surface area (TPSA) is 43.9 Å². The Bertz CT molecular complexity index is 451. The van der Waals surface area contributed by atoms with E-state index in [0.29, 0.717) is 21.4 Å². The molecule has 4 nitrogen and oxygen atoms in total. The first-order valence-corrected chi connectivity index (χ1v) is 5.34. The monoisotopic (exact) mass is 273 g/mol. The fraction of sp³-hybridized carbons (Fsp3) is 0.250. The van der Waals surface area contributed by atoms with Gasteiger partial charge >= 0.3 is 0 Å². The molecule has 0 aromatic carbocycles. The molecule has 0 N–H and O–H groups in total. The lowest BCUT2D eigenvalue weighted by atomic mass is 10.4. The predicted molar refractivity (Wildman–Crippen MR) is 58.4 cm³/mol. The quantitative estimate of drug-likeness (QED) is 0.856. The van der Waals surface area contributed by atoms with E-state index in [-0.39, 0.29) is 0 Å². The zero-order valence-electron chi connectivity index (χ0n) is 7.44. The Morgan fingerprint density at radius 1 is 1.50 bits per heavy atom. The molecule has 2 aromatic rings. The van der Waals surface area contributed by atoms with E-state index in [1.54, 1.807) is 0 Å². The van der Waals surface area contributed by atoms with Crippen LogP contribution in [0.4, 0.5) is 0 Å². The highest BCUT2D eigenvalue weighted by Crippen LogP contribution is 2.24. The molecule has 74 valence electrons. The molecule has 2 rings (SSSR count).